The van der Waals surface area contributed by atoms with Crippen LogP contribution < -0.4 is 0 Å². The van der Waals surface area contributed by atoms with Crippen molar-refractivity contribution in [1.82, 2.24) is 4.90 Å². The second kappa shape index (κ2) is 5.98. The van der Waals surface area contributed by atoms with Gasteiger partial charge < -0.3 is 0 Å². The lowest BCUT2D eigenvalue weighted by Gasteiger charge is -2.53. The average molecular weight is 290 g/mol. The second-order valence-corrected chi connectivity index (χ2v) is 8.29. The van der Waals surface area contributed by atoms with Gasteiger partial charge in [0.2, 0.25) is 0 Å². The first-order valence-corrected chi connectivity index (χ1v) is 9.43. The van der Waals surface area contributed by atoms with E-state index in [2.05, 4.69) is 10.1 Å². The van der Waals surface area contributed by atoms with Gasteiger partial charge in [0.15, 0.2) is 0 Å². The van der Waals surface area contributed by atoms with Crippen molar-refractivity contribution in [1.29, 1.82) is 0 Å². The molecule has 2 aliphatic heterocycles. The fourth-order valence-electron chi connectivity index (χ4n) is 6.18. The molecule has 0 aromatic carbocycles. The highest BCUT2D eigenvalue weighted by Gasteiger charge is 2.44. The summed E-state index contributed by atoms with van der Waals surface area (Å²) in [5.41, 5.74) is 0. The van der Waals surface area contributed by atoms with E-state index in [1.54, 1.807) is 0 Å². The van der Waals surface area contributed by atoms with Crippen LogP contribution in [0, 0.1) is 16.7 Å². The summed E-state index contributed by atoms with van der Waals surface area (Å²) in [6, 6.07) is 2.29. The van der Waals surface area contributed by atoms with Gasteiger partial charge in [0.1, 0.15) is 0 Å². The standard InChI is InChI=1S/C18H30N2O/c21-19-15-11-16-6-3-7-17(12-15)20(16)18-9-13-4-1-2-5-14(8-13)10-18/h13-18H,1-12H2. The Morgan fingerprint density at radius 1 is 0.667 bits per heavy atom. The van der Waals surface area contributed by atoms with E-state index < -0.39 is 0 Å². The van der Waals surface area contributed by atoms with Crippen LogP contribution in [-0.4, -0.2) is 29.1 Å². The molecule has 2 aliphatic carbocycles. The summed E-state index contributed by atoms with van der Waals surface area (Å²) >= 11 is 0. The number of fused-ring (bicyclic) bond motifs is 4. The Balaban J connectivity index is 1.51. The molecule has 3 heteroatoms. The molecule has 2 saturated heterocycles. The van der Waals surface area contributed by atoms with E-state index in [1.807, 2.05) is 0 Å². The Kier molecular flexibility index (Phi) is 4.04. The smallest absolute Gasteiger partial charge is 0.0949 e. The lowest BCUT2D eigenvalue weighted by molar-refractivity contribution is -0.0327. The first kappa shape index (κ1) is 14.2. The highest BCUT2D eigenvalue weighted by molar-refractivity contribution is 4.99. The van der Waals surface area contributed by atoms with E-state index in [-0.39, 0.29) is 6.04 Å². The van der Waals surface area contributed by atoms with E-state index in [4.69, 9.17) is 0 Å². The predicted molar refractivity (Wildman–Crippen MR) is 85.2 cm³/mol. The minimum atomic E-state index is 0.113. The molecule has 118 valence electrons. The number of hydrogen-bond acceptors (Lipinski definition) is 3. The molecule has 0 aromatic heterocycles. The predicted octanol–water partition coefficient (Wildman–Crippen LogP) is 4.50. The zero-order chi connectivity index (χ0) is 14.2. The fourth-order valence-corrected chi connectivity index (χ4v) is 6.18. The van der Waals surface area contributed by atoms with Gasteiger partial charge >= 0.3 is 0 Å². The van der Waals surface area contributed by atoms with Crippen molar-refractivity contribution < 1.29 is 0 Å². The molecular weight excluding hydrogens is 260 g/mol. The van der Waals surface area contributed by atoms with E-state index in [1.165, 1.54) is 64.2 Å². The normalized spacial score (nSPS) is 47.6. The van der Waals surface area contributed by atoms with E-state index in [9.17, 15) is 4.91 Å². The second-order valence-electron chi connectivity index (χ2n) is 8.29. The number of rotatable bonds is 2. The van der Waals surface area contributed by atoms with E-state index >= 15 is 0 Å². The maximum Gasteiger partial charge on any atom is 0.0949 e. The molecule has 0 spiro atoms. The molecule has 4 bridgehead atoms. The lowest BCUT2D eigenvalue weighted by atomic mass is 9.73. The van der Waals surface area contributed by atoms with Crippen LogP contribution in [0.1, 0.15) is 77.0 Å². The van der Waals surface area contributed by atoms with Crippen molar-refractivity contribution in [2.45, 2.75) is 101 Å². The molecule has 0 amide bonds. The van der Waals surface area contributed by atoms with Gasteiger partial charge in [-0.3, -0.25) is 4.90 Å². The van der Waals surface area contributed by atoms with Crippen LogP contribution in [0.2, 0.25) is 0 Å². The molecule has 21 heavy (non-hydrogen) atoms. The first-order valence-electron chi connectivity index (χ1n) is 9.43. The summed E-state index contributed by atoms with van der Waals surface area (Å²) in [5, 5.41) is 3.41. The largest absolute Gasteiger partial charge is 0.294 e. The third-order valence-electron chi connectivity index (χ3n) is 6.93. The van der Waals surface area contributed by atoms with Gasteiger partial charge in [-0.15, -0.1) is 0 Å². The number of nitroso groups, excluding NO2 is 1. The third-order valence-corrected chi connectivity index (χ3v) is 6.93. The van der Waals surface area contributed by atoms with Crippen LogP contribution in [0.5, 0.6) is 0 Å². The van der Waals surface area contributed by atoms with Gasteiger partial charge in [-0.2, -0.15) is 4.91 Å². The average Bonchev–Trinajstić information content (AvgIpc) is 2.66. The Bertz CT molecular complexity index is 357. The summed E-state index contributed by atoms with van der Waals surface area (Å²) in [6.45, 7) is 0. The van der Waals surface area contributed by atoms with Crippen molar-refractivity contribution >= 4 is 0 Å². The van der Waals surface area contributed by atoms with Gasteiger partial charge in [0, 0.05) is 18.1 Å². The molecular formula is C18H30N2O. The molecule has 4 rings (SSSR count). The summed E-state index contributed by atoms with van der Waals surface area (Å²) in [5.74, 6) is 2.00. The van der Waals surface area contributed by atoms with Crippen LogP contribution in [0.25, 0.3) is 0 Å². The Hall–Kier alpha value is -0.440. The third kappa shape index (κ3) is 2.78. The zero-order valence-corrected chi connectivity index (χ0v) is 13.3. The highest BCUT2D eigenvalue weighted by atomic mass is 16.3. The van der Waals surface area contributed by atoms with Crippen LogP contribution in [0.4, 0.5) is 0 Å². The van der Waals surface area contributed by atoms with Gasteiger partial charge in [-0.25, -0.2) is 0 Å². The minimum Gasteiger partial charge on any atom is -0.294 e. The van der Waals surface area contributed by atoms with E-state index in [0.717, 1.165) is 30.7 Å². The van der Waals surface area contributed by atoms with Crippen LogP contribution in [0.3, 0.4) is 0 Å². The monoisotopic (exact) mass is 290 g/mol. The molecule has 4 fully saturated rings. The Morgan fingerprint density at radius 2 is 1.29 bits per heavy atom. The van der Waals surface area contributed by atoms with Crippen LogP contribution in [-0.2, 0) is 0 Å². The summed E-state index contributed by atoms with van der Waals surface area (Å²) < 4.78 is 0. The van der Waals surface area contributed by atoms with Crippen molar-refractivity contribution in [3.8, 4) is 0 Å². The molecule has 2 heterocycles. The Labute approximate surface area is 128 Å². The van der Waals surface area contributed by atoms with Gasteiger partial charge in [-0.05, 0) is 56.8 Å². The number of hydrogen-bond donors (Lipinski definition) is 0. The van der Waals surface area contributed by atoms with Gasteiger partial charge in [0.05, 0.1) is 6.04 Å². The Morgan fingerprint density at radius 3 is 1.86 bits per heavy atom. The number of nitrogens with zero attached hydrogens (tertiary/aromatic N) is 2. The minimum absolute atomic E-state index is 0.113. The summed E-state index contributed by atoms with van der Waals surface area (Å²) in [7, 11) is 0. The molecule has 0 aromatic rings. The van der Waals surface area contributed by atoms with E-state index in [0.29, 0.717) is 12.1 Å². The molecule has 3 nitrogen and oxygen atoms in total. The topological polar surface area (TPSA) is 32.7 Å². The SMILES string of the molecule is O=NC1CC2CCCC(C1)N2C1CC2CCCCC(C2)C1. The zero-order valence-electron chi connectivity index (χ0n) is 13.3. The summed E-state index contributed by atoms with van der Waals surface area (Å²) in [4.78, 5) is 13.9. The van der Waals surface area contributed by atoms with Gasteiger partial charge in [0.25, 0.3) is 0 Å². The van der Waals surface area contributed by atoms with Crippen molar-refractivity contribution in [3.63, 3.8) is 0 Å². The fraction of sp³-hybridized carbons (Fsp3) is 1.00. The molecule has 0 radical (unpaired) electrons. The molecule has 4 aliphatic rings. The molecule has 4 unspecified atom stereocenters. The first-order chi connectivity index (χ1) is 10.3. The maximum atomic E-state index is 11.0. The molecule has 0 N–H and O–H groups in total. The number of piperidine rings is 2. The maximum absolute atomic E-state index is 11.0. The van der Waals surface area contributed by atoms with Crippen LogP contribution in [0.15, 0.2) is 5.18 Å². The highest BCUT2D eigenvalue weighted by Crippen LogP contribution is 2.45. The lowest BCUT2D eigenvalue weighted by Crippen LogP contribution is -2.58. The summed E-state index contributed by atoms with van der Waals surface area (Å²) in [6.07, 6.45) is 16.4. The van der Waals surface area contributed by atoms with Gasteiger partial charge in [-0.1, -0.05) is 37.3 Å². The van der Waals surface area contributed by atoms with Crippen molar-refractivity contribution in [3.05, 3.63) is 4.91 Å². The van der Waals surface area contributed by atoms with Crippen LogP contribution >= 0.6 is 0 Å². The van der Waals surface area contributed by atoms with Crippen molar-refractivity contribution in [2.75, 3.05) is 0 Å². The quantitative estimate of drug-likeness (QED) is 0.702. The molecule has 2 saturated carbocycles. The van der Waals surface area contributed by atoms with Crippen molar-refractivity contribution in [2.24, 2.45) is 17.0 Å². The molecule has 4 atom stereocenters.